The molecule has 0 atom stereocenters. The summed E-state index contributed by atoms with van der Waals surface area (Å²) >= 11 is 1.43. The summed E-state index contributed by atoms with van der Waals surface area (Å²) in [6.07, 6.45) is -9.57. The highest BCUT2D eigenvalue weighted by molar-refractivity contribution is 7.16. The van der Waals surface area contributed by atoms with E-state index in [2.05, 4.69) is 15.4 Å². The third-order valence-corrected chi connectivity index (χ3v) is 4.42. The molecule has 0 aliphatic carbocycles. The van der Waals surface area contributed by atoms with Crippen LogP contribution < -0.4 is 11.1 Å². The number of anilines is 1. The fourth-order valence-electron chi connectivity index (χ4n) is 2.44. The Morgan fingerprint density at radius 1 is 1.23 bits per heavy atom. The van der Waals surface area contributed by atoms with Crippen molar-refractivity contribution in [2.45, 2.75) is 18.9 Å². The van der Waals surface area contributed by atoms with E-state index in [9.17, 15) is 31.1 Å². The minimum atomic E-state index is -5.08. The minimum absolute atomic E-state index is 0.0757. The van der Waals surface area contributed by atoms with Crippen LogP contribution in [0.1, 0.15) is 10.4 Å². The fourth-order valence-corrected chi connectivity index (χ4v) is 3.10. The molecule has 0 bridgehead atoms. The number of rotatable bonds is 4. The molecule has 4 N–H and O–H groups in total. The number of nitrogens with two attached hydrogens (primary N) is 1. The van der Waals surface area contributed by atoms with Gasteiger partial charge in [-0.15, -0.1) is 11.3 Å². The lowest BCUT2D eigenvalue weighted by molar-refractivity contribution is -0.192. The first-order valence-electron chi connectivity index (χ1n) is 8.03. The Morgan fingerprint density at radius 2 is 1.84 bits per heavy atom. The first kappa shape index (κ1) is 23.9. The highest BCUT2D eigenvalue weighted by atomic mass is 32.1. The second-order valence-electron chi connectivity index (χ2n) is 5.80. The maximum Gasteiger partial charge on any atom is 0.490 e. The topological polar surface area (TPSA) is 123 Å². The molecule has 3 rings (SSSR count). The molecule has 0 aliphatic heterocycles. The molecule has 31 heavy (non-hydrogen) atoms. The molecule has 168 valence electrons. The second kappa shape index (κ2) is 8.79. The number of thiazole rings is 1. The third kappa shape index (κ3) is 5.84. The molecule has 0 fully saturated rings. The molecule has 0 saturated carbocycles. The summed E-state index contributed by atoms with van der Waals surface area (Å²) in [5.74, 6) is -3.69. The van der Waals surface area contributed by atoms with Gasteiger partial charge in [-0.3, -0.25) is 4.79 Å². The molecule has 2 heterocycles. The molecule has 1 aromatic carbocycles. The zero-order valence-electron chi connectivity index (χ0n) is 15.4. The summed E-state index contributed by atoms with van der Waals surface area (Å²) in [6, 6.07) is 5.11. The van der Waals surface area contributed by atoms with Crippen LogP contribution in [0.25, 0.3) is 21.5 Å². The van der Waals surface area contributed by atoms with E-state index in [1.807, 2.05) is 0 Å². The minimum Gasteiger partial charge on any atom is -0.475 e. The van der Waals surface area contributed by atoms with Gasteiger partial charge in [-0.05, 0) is 12.1 Å². The number of fused-ring (bicyclic) bond motifs is 1. The molecule has 0 saturated heterocycles. The number of carboxylic acids is 1. The van der Waals surface area contributed by atoms with Crippen LogP contribution in [0.15, 0.2) is 23.7 Å². The Kier molecular flexibility index (Phi) is 6.78. The van der Waals surface area contributed by atoms with E-state index in [1.165, 1.54) is 18.4 Å². The standard InChI is InChI=1S/C14H12F3N5OS.C2HF3O2/c1-19-13-10(12(18)23)11(21-22(13)5-14(15,16)17)7-2-3-9-8(4-7)20-6-24-9;3-2(4,5)1(6)7/h2-4,6,19H,5H2,1H3,(H2,18,23);(H,6,7). The van der Waals surface area contributed by atoms with Crippen LogP contribution >= 0.6 is 11.3 Å². The van der Waals surface area contributed by atoms with Crippen LogP contribution in [0, 0.1) is 0 Å². The maximum atomic E-state index is 12.8. The summed E-state index contributed by atoms with van der Waals surface area (Å²) in [5.41, 5.74) is 8.17. The van der Waals surface area contributed by atoms with Gasteiger partial charge in [-0.1, -0.05) is 6.07 Å². The largest absolute Gasteiger partial charge is 0.490 e. The van der Waals surface area contributed by atoms with E-state index >= 15 is 0 Å². The van der Waals surface area contributed by atoms with E-state index in [4.69, 9.17) is 15.6 Å². The van der Waals surface area contributed by atoms with Crippen molar-refractivity contribution in [2.24, 2.45) is 5.73 Å². The number of alkyl halides is 6. The number of nitrogens with one attached hydrogen (secondary N) is 1. The molecule has 1 amide bonds. The monoisotopic (exact) mass is 469 g/mol. The molecule has 8 nitrogen and oxygen atoms in total. The Bertz CT molecular complexity index is 1110. The zero-order chi connectivity index (χ0) is 23.6. The lowest BCUT2D eigenvalue weighted by Crippen LogP contribution is -2.21. The lowest BCUT2D eigenvalue weighted by Gasteiger charge is -2.10. The number of amides is 1. The Morgan fingerprint density at radius 3 is 2.32 bits per heavy atom. The van der Waals surface area contributed by atoms with Gasteiger partial charge >= 0.3 is 18.3 Å². The number of aromatic nitrogens is 3. The van der Waals surface area contributed by atoms with Crippen LogP contribution in [0.3, 0.4) is 0 Å². The fraction of sp³-hybridized carbons (Fsp3) is 0.250. The number of hydrogen-bond donors (Lipinski definition) is 3. The number of benzene rings is 1. The maximum absolute atomic E-state index is 12.8. The van der Waals surface area contributed by atoms with Crippen molar-refractivity contribution in [3.05, 3.63) is 29.3 Å². The normalized spacial score (nSPS) is 11.7. The number of nitrogens with zero attached hydrogens (tertiary/aromatic N) is 3. The summed E-state index contributed by atoms with van der Waals surface area (Å²) < 4.78 is 71.6. The molecule has 0 unspecified atom stereocenters. The summed E-state index contributed by atoms with van der Waals surface area (Å²) in [6.45, 7) is -1.33. The van der Waals surface area contributed by atoms with Gasteiger partial charge in [-0.2, -0.15) is 31.4 Å². The summed E-state index contributed by atoms with van der Waals surface area (Å²) in [7, 11) is 1.41. The first-order valence-corrected chi connectivity index (χ1v) is 8.91. The predicted molar refractivity (Wildman–Crippen MR) is 98.7 cm³/mol. The van der Waals surface area contributed by atoms with Crippen LogP contribution in [-0.2, 0) is 11.3 Å². The van der Waals surface area contributed by atoms with Crippen LogP contribution in [-0.4, -0.2) is 51.1 Å². The van der Waals surface area contributed by atoms with Crippen molar-refractivity contribution in [1.82, 2.24) is 14.8 Å². The van der Waals surface area contributed by atoms with Gasteiger partial charge in [0.2, 0.25) is 0 Å². The van der Waals surface area contributed by atoms with E-state index in [-0.39, 0.29) is 17.1 Å². The van der Waals surface area contributed by atoms with Crippen molar-refractivity contribution >= 4 is 39.2 Å². The summed E-state index contributed by atoms with van der Waals surface area (Å²) in [5, 5.41) is 13.7. The Balaban J connectivity index is 0.000000423. The van der Waals surface area contributed by atoms with Crippen LogP contribution in [0.5, 0.6) is 0 Å². The molecule has 15 heteroatoms. The van der Waals surface area contributed by atoms with Crippen LogP contribution in [0.4, 0.5) is 32.2 Å². The number of aliphatic carboxylic acids is 1. The quantitative estimate of drug-likeness (QED) is 0.503. The molecular weight excluding hydrogens is 456 g/mol. The summed E-state index contributed by atoms with van der Waals surface area (Å²) in [4.78, 5) is 24.9. The number of primary amides is 1. The molecule has 0 aliphatic rings. The molecule has 2 aromatic heterocycles. The average molecular weight is 469 g/mol. The number of hydrogen-bond acceptors (Lipinski definition) is 6. The number of carboxylic acid groups (broad SMARTS) is 1. The van der Waals surface area contributed by atoms with E-state index in [0.29, 0.717) is 15.8 Å². The van der Waals surface area contributed by atoms with Crippen molar-refractivity contribution in [3.63, 3.8) is 0 Å². The number of halogens is 6. The highest BCUT2D eigenvalue weighted by Crippen LogP contribution is 2.32. The lowest BCUT2D eigenvalue weighted by atomic mass is 10.1. The Hall–Kier alpha value is -3.36. The van der Waals surface area contributed by atoms with E-state index in [1.54, 1.807) is 23.7 Å². The first-order chi connectivity index (χ1) is 14.2. The van der Waals surface area contributed by atoms with Crippen molar-refractivity contribution in [3.8, 4) is 11.3 Å². The molecular formula is C16H13F6N5O3S. The van der Waals surface area contributed by atoms with Gasteiger partial charge in [0.05, 0.1) is 15.7 Å². The second-order valence-corrected chi connectivity index (χ2v) is 6.68. The van der Waals surface area contributed by atoms with Crippen molar-refractivity contribution in [1.29, 1.82) is 0 Å². The number of carbonyl (C=O) groups is 2. The van der Waals surface area contributed by atoms with Gasteiger partial charge in [0.25, 0.3) is 5.91 Å². The van der Waals surface area contributed by atoms with Gasteiger partial charge in [0, 0.05) is 12.6 Å². The zero-order valence-corrected chi connectivity index (χ0v) is 16.2. The van der Waals surface area contributed by atoms with Gasteiger partial charge in [0.1, 0.15) is 23.6 Å². The SMILES string of the molecule is CNc1c(C(N)=O)c(-c2ccc3scnc3c2)nn1CC(F)(F)F.O=C(O)C(F)(F)F. The van der Waals surface area contributed by atoms with Gasteiger partial charge < -0.3 is 16.2 Å². The average Bonchev–Trinajstić information content (AvgIpc) is 3.23. The van der Waals surface area contributed by atoms with Crippen molar-refractivity contribution < 1.29 is 41.0 Å². The predicted octanol–water partition coefficient (Wildman–Crippen LogP) is 3.50. The molecule has 3 aromatic rings. The van der Waals surface area contributed by atoms with E-state index in [0.717, 1.165) is 4.70 Å². The van der Waals surface area contributed by atoms with Crippen molar-refractivity contribution in [2.75, 3.05) is 12.4 Å². The smallest absolute Gasteiger partial charge is 0.475 e. The molecule has 0 spiro atoms. The molecule has 0 radical (unpaired) electrons. The Labute approximate surface area is 173 Å². The van der Waals surface area contributed by atoms with Gasteiger partial charge in [-0.25, -0.2) is 14.5 Å². The highest BCUT2D eigenvalue weighted by Gasteiger charge is 2.38. The third-order valence-electron chi connectivity index (χ3n) is 3.61. The van der Waals surface area contributed by atoms with E-state index < -0.39 is 30.8 Å². The van der Waals surface area contributed by atoms with Gasteiger partial charge in [0.15, 0.2) is 0 Å². The number of carbonyl (C=O) groups excluding carboxylic acids is 1. The van der Waals surface area contributed by atoms with Crippen LogP contribution in [0.2, 0.25) is 0 Å².